The largest absolute Gasteiger partial charge is 0.329 e. The Bertz CT molecular complexity index is 78.0. The molecule has 0 aliphatic carbocycles. The minimum atomic E-state index is 0. The minimum absolute atomic E-state index is 0. The van der Waals surface area contributed by atoms with Crippen LogP contribution in [0.3, 0.4) is 0 Å². The van der Waals surface area contributed by atoms with Crippen LogP contribution in [0, 0.1) is 0 Å². The van der Waals surface area contributed by atoms with Crippen molar-refractivity contribution in [2.45, 2.75) is 13.4 Å². The summed E-state index contributed by atoms with van der Waals surface area (Å²) < 4.78 is 0.262. The first-order valence-corrected chi connectivity index (χ1v) is 6.02. The monoisotopic (exact) mass is 465 g/mol. The van der Waals surface area contributed by atoms with Crippen LogP contribution in [0.2, 0.25) is 0 Å². The second-order valence-corrected chi connectivity index (χ2v) is 6.97. The number of halogens is 5. The highest BCUT2D eigenvalue weighted by atomic mass is 79.9. The van der Waals surface area contributed by atoms with Crippen molar-refractivity contribution in [1.29, 1.82) is 0 Å². The van der Waals surface area contributed by atoms with Crippen molar-refractivity contribution in [2.24, 2.45) is 5.73 Å². The molecule has 0 aromatic rings. The van der Waals surface area contributed by atoms with Gasteiger partial charge in [-0.3, -0.25) is 0 Å². The maximum Gasteiger partial charge on any atom is 0.0833 e. The number of hydrogen-bond donors (Lipinski definition) is 1. The molecule has 0 bridgehead atoms. The van der Waals surface area contributed by atoms with Gasteiger partial charge < -0.3 is 5.73 Å². The van der Waals surface area contributed by atoms with Crippen molar-refractivity contribution in [1.82, 2.24) is 0 Å². The molecule has 2 N–H and O–H groups in total. The van der Waals surface area contributed by atoms with E-state index in [-0.39, 0.29) is 20.7 Å². The Kier molecular flexibility index (Phi) is 11.9. The first-order valence-electron chi connectivity index (χ1n) is 2.36. The van der Waals surface area contributed by atoms with Crippen LogP contribution < -0.4 is 5.73 Å². The molecule has 0 amide bonds. The third-order valence-corrected chi connectivity index (χ3v) is 6.19. The van der Waals surface area contributed by atoms with Gasteiger partial charge in [0, 0.05) is 11.4 Å². The van der Waals surface area contributed by atoms with E-state index in [0.717, 1.165) is 0 Å². The summed E-state index contributed by atoms with van der Waals surface area (Å²) in [6.07, 6.45) is 0. The molecular weight excluding hydrogens is 462 g/mol. The molecule has 0 aliphatic heterocycles. The second-order valence-electron chi connectivity index (χ2n) is 1.53. The maximum atomic E-state index is 5.39. The summed E-state index contributed by atoms with van der Waals surface area (Å²) >= 11 is 13.6. The Hall–Kier alpha value is 2.36. The molecule has 10 heavy (non-hydrogen) atoms. The Morgan fingerprint density at radius 3 is 1.60 bits per heavy atom. The zero-order valence-corrected chi connectivity index (χ0v) is 13.0. The van der Waals surface area contributed by atoms with Gasteiger partial charge in [0.25, 0.3) is 0 Å². The van der Waals surface area contributed by atoms with E-state index in [9.17, 15) is 0 Å². The quantitative estimate of drug-likeness (QED) is 0.632. The standard InChI is InChI=1S/C4H7Br4N.BrH/c5-2(1-9)3(6)4(7)8;/h2-4H,1,9H2;1H. The molecule has 0 aliphatic rings. The predicted octanol–water partition coefficient (Wildman–Crippen LogP) is 3.17. The van der Waals surface area contributed by atoms with Crippen LogP contribution in [0.1, 0.15) is 0 Å². The highest BCUT2D eigenvalue weighted by Gasteiger charge is 2.19. The molecule has 0 spiro atoms. The maximum absolute atomic E-state index is 5.39. The van der Waals surface area contributed by atoms with E-state index in [4.69, 9.17) is 5.73 Å². The van der Waals surface area contributed by atoms with Crippen molar-refractivity contribution in [3.05, 3.63) is 0 Å². The van der Waals surface area contributed by atoms with Gasteiger partial charge in [0.2, 0.25) is 0 Å². The summed E-state index contributed by atoms with van der Waals surface area (Å²) in [7, 11) is 0. The normalized spacial score (nSPS) is 16.2. The molecule has 0 heterocycles. The van der Waals surface area contributed by atoms with Gasteiger partial charge in [-0.2, -0.15) is 0 Å². The van der Waals surface area contributed by atoms with E-state index < -0.39 is 0 Å². The third kappa shape index (κ3) is 5.94. The van der Waals surface area contributed by atoms with E-state index in [1.807, 2.05) is 0 Å². The van der Waals surface area contributed by atoms with E-state index in [2.05, 4.69) is 63.7 Å². The van der Waals surface area contributed by atoms with Crippen LogP contribution in [-0.4, -0.2) is 19.9 Å². The molecule has 64 valence electrons. The summed E-state index contributed by atoms with van der Waals surface area (Å²) in [5.74, 6) is 0. The van der Waals surface area contributed by atoms with Gasteiger partial charge in [0.05, 0.1) is 8.56 Å². The van der Waals surface area contributed by atoms with Crippen molar-refractivity contribution in [3.63, 3.8) is 0 Å². The summed E-state index contributed by atoms with van der Waals surface area (Å²) in [6, 6.07) is 0. The smallest absolute Gasteiger partial charge is 0.0833 e. The lowest BCUT2D eigenvalue weighted by Gasteiger charge is -2.15. The number of rotatable bonds is 3. The number of nitrogens with two attached hydrogens (primary N) is 1. The zero-order valence-electron chi connectivity index (χ0n) is 4.94. The molecule has 0 rings (SSSR count). The van der Waals surface area contributed by atoms with Gasteiger partial charge in [-0.1, -0.05) is 63.7 Å². The molecule has 6 heteroatoms. The van der Waals surface area contributed by atoms with Crippen LogP contribution in [0.5, 0.6) is 0 Å². The number of hydrogen-bond acceptors (Lipinski definition) is 1. The highest BCUT2D eigenvalue weighted by molar-refractivity contribution is 9.25. The lowest BCUT2D eigenvalue weighted by Crippen LogP contribution is -2.27. The van der Waals surface area contributed by atoms with Gasteiger partial charge in [0.15, 0.2) is 0 Å². The van der Waals surface area contributed by atoms with Crippen molar-refractivity contribution >= 4 is 80.7 Å². The molecule has 0 fully saturated rings. The SMILES string of the molecule is Br.NCC(Br)C(Br)C(Br)Br. The molecule has 0 aromatic carbocycles. The van der Waals surface area contributed by atoms with E-state index >= 15 is 0 Å². The summed E-state index contributed by atoms with van der Waals surface area (Å²) in [4.78, 5) is 0.628. The zero-order chi connectivity index (χ0) is 7.44. The summed E-state index contributed by atoms with van der Waals surface area (Å²) in [5.41, 5.74) is 5.39. The summed E-state index contributed by atoms with van der Waals surface area (Å²) in [6.45, 7) is 0.629. The van der Waals surface area contributed by atoms with Crippen molar-refractivity contribution in [3.8, 4) is 0 Å². The fourth-order valence-electron chi connectivity index (χ4n) is 0.288. The van der Waals surface area contributed by atoms with Gasteiger partial charge in [0.1, 0.15) is 0 Å². The van der Waals surface area contributed by atoms with Gasteiger partial charge >= 0.3 is 0 Å². The number of alkyl halides is 4. The lowest BCUT2D eigenvalue weighted by atomic mass is 10.3. The van der Waals surface area contributed by atoms with Crippen LogP contribution in [-0.2, 0) is 0 Å². The van der Waals surface area contributed by atoms with Crippen LogP contribution in [0.4, 0.5) is 0 Å². The Morgan fingerprint density at radius 1 is 1.10 bits per heavy atom. The Morgan fingerprint density at radius 2 is 1.50 bits per heavy atom. The Balaban J connectivity index is 0. The molecule has 0 aromatic heterocycles. The first kappa shape index (κ1) is 14.9. The van der Waals surface area contributed by atoms with Gasteiger partial charge in [-0.25, -0.2) is 0 Å². The van der Waals surface area contributed by atoms with Crippen LogP contribution >= 0.6 is 80.7 Å². The molecule has 1 nitrogen and oxygen atoms in total. The second kappa shape index (κ2) is 7.98. The van der Waals surface area contributed by atoms with E-state index in [0.29, 0.717) is 16.2 Å². The molecule has 0 saturated carbocycles. The molecule has 2 unspecified atom stereocenters. The molecule has 2 atom stereocenters. The third-order valence-electron chi connectivity index (χ3n) is 0.811. The highest BCUT2D eigenvalue weighted by Crippen LogP contribution is 2.26. The fraction of sp³-hybridized carbons (Fsp3) is 1.00. The average Bonchev–Trinajstić information content (AvgIpc) is 1.84. The topological polar surface area (TPSA) is 26.0 Å². The minimum Gasteiger partial charge on any atom is -0.329 e. The fourth-order valence-corrected chi connectivity index (χ4v) is 2.36. The van der Waals surface area contributed by atoms with Crippen LogP contribution in [0.15, 0.2) is 0 Å². The van der Waals surface area contributed by atoms with Gasteiger partial charge in [-0.05, 0) is 0 Å². The van der Waals surface area contributed by atoms with Crippen molar-refractivity contribution in [2.75, 3.05) is 6.54 Å². The molecule has 0 radical (unpaired) electrons. The summed E-state index contributed by atoms with van der Waals surface area (Å²) in [5, 5.41) is 0. The van der Waals surface area contributed by atoms with Gasteiger partial charge in [-0.15, -0.1) is 17.0 Å². The predicted molar refractivity (Wildman–Crippen MR) is 66.4 cm³/mol. The van der Waals surface area contributed by atoms with Crippen molar-refractivity contribution < 1.29 is 0 Å². The van der Waals surface area contributed by atoms with E-state index in [1.165, 1.54) is 0 Å². The average molecular weight is 470 g/mol. The molecule has 0 saturated heterocycles. The van der Waals surface area contributed by atoms with Crippen LogP contribution in [0.25, 0.3) is 0 Å². The first-order chi connectivity index (χ1) is 4.09. The lowest BCUT2D eigenvalue weighted by molar-refractivity contribution is 0.866. The van der Waals surface area contributed by atoms with E-state index in [1.54, 1.807) is 0 Å². The Labute approximate surface area is 105 Å². The molecular formula is C4H8Br5N.